The number of aryl methyl sites for hydroxylation is 1. The van der Waals surface area contributed by atoms with Crippen LogP contribution in [0.2, 0.25) is 0 Å². The van der Waals surface area contributed by atoms with E-state index in [9.17, 15) is 9.59 Å². The molecule has 0 aliphatic rings. The summed E-state index contributed by atoms with van der Waals surface area (Å²) in [6.07, 6.45) is 0. The standard InChI is InChI=1S/C18H19NO5/c1-11-8-9-12(18(21)24-4)10-13(11)19-17(20)16-14(22-2)6-5-7-15(16)23-3/h5-10H,1-4H3,(H,19,20). The smallest absolute Gasteiger partial charge is 0.337 e. The first kappa shape index (κ1) is 17.3. The molecular weight excluding hydrogens is 310 g/mol. The van der Waals surface area contributed by atoms with Crippen molar-refractivity contribution in [1.29, 1.82) is 0 Å². The highest BCUT2D eigenvalue weighted by Gasteiger charge is 2.19. The number of ether oxygens (including phenoxy) is 3. The van der Waals surface area contributed by atoms with Gasteiger partial charge in [0, 0.05) is 5.69 Å². The number of benzene rings is 2. The van der Waals surface area contributed by atoms with Gasteiger partial charge in [0.25, 0.3) is 5.91 Å². The Morgan fingerprint density at radius 1 is 0.958 bits per heavy atom. The van der Waals surface area contributed by atoms with Crippen molar-refractivity contribution in [3.8, 4) is 11.5 Å². The second-order valence-corrected chi connectivity index (χ2v) is 5.01. The Bertz CT molecular complexity index is 748. The molecule has 2 aromatic carbocycles. The van der Waals surface area contributed by atoms with Crippen molar-refractivity contribution < 1.29 is 23.8 Å². The molecular formula is C18H19NO5. The summed E-state index contributed by atoms with van der Waals surface area (Å²) in [5, 5.41) is 2.79. The Kier molecular flexibility index (Phi) is 5.42. The molecule has 0 unspecified atom stereocenters. The van der Waals surface area contributed by atoms with E-state index < -0.39 is 11.9 Å². The maximum Gasteiger partial charge on any atom is 0.337 e. The lowest BCUT2D eigenvalue weighted by Crippen LogP contribution is -2.16. The van der Waals surface area contributed by atoms with E-state index in [0.717, 1.165) is 5.56 Å². The van der Waals surface area contributed by atoms with E-state index in [4.69, 9.17) is 14.2 Å². The SMILES string of the molecule is COC(=O)c1ccc(C)c(NC(=O)c2c(OC)cccc2OC)c1. The van der Waals surface area contributed by atoms with Gasteiger partial charge in [-0.15, -0.1) is 0 Å². The average Bonchev–Trinajstić information content (AvgIpc) is 2.61. The quantitative estimate of drug-likeness (QED) is 0.854. The summed E-state index contributed by atoms with van der Waals surface area (Å²) in [5.41, 5.74) is 1.96. The minimum atomic E-state index is -0.472. The molecule has 0 fully saturated rings. The Hall–Kier alpha value is -3.02. The molecule has 0 saturated carbocycles. The summed E-state index contributed by atoms with van der Waals surface area (Å²) in [5.74, 6) is -0.0722. The van der Waals surface area contributed by atoms with Crippen LogP contribution in [0.15, 0.2) is 36.4 Å². The molecule has 0 saturated heterocycles. The molecule has 2 aromatic rings. The molecule has 24 heavy (non-hydrogen) atoms. The van der Waals surface area contributed by atoms with Crippen LogP contribution in [0, 0.1) is 6.92 Å². The van der Waals surface area contributed by atoms with Gasteiger partial charge >= 0.3 is 5.97 Å². The van der Waals surface area contributed by atoms with E-state index in [1.165, 1.54) is 21.3 Å². The summed E-state index contributed by atoms with van der Waals surface area (Å²) in [6.45, 7) is 1.83. The largest absolute Gasteiger partial charge is 0.496 e. The van der Waals surface area contributed by atoms with Gasteiger partial charge in [-0.1, -0.05) is 12.1 Å². The zero-order valence-corrected chi connectivity index (χ0v) is 14.0. The lowest BCUT2D eigenvalue weighted by molar-refractivity contribution is 0.0600. The molecule has 126 valence electrons. The van der Waals surface area contributed by atoms with Gasteiger partial charge in [0.2, 0.25) is 0 Å². The molecule has 1 N–H and O–H groups in total. The van der Waals surface area contributed by atoms with E-state index in [0.29, 0.717) is 22.7 Å². The maximum atomic E-state index is 12.7. The molecule has 0 aromatic heterocycles. The summed E-state index contributed by atoms with van der Waals surface area (Å²) in [7, 11) is 4.27. The van der Waals surface area contributed by atoms with Crippen molar-refractivity contribution in [2.45, 2.75) is 6.92 Å². The van der Waals surface area contributed by atoms with Gasteiger partial charge in [-0.05, 0) is 36.8 Å². The van der Waals surface area contributed by atoms with Gasteiger partial charge in [0.15, 0.2) is 0 Å². The van der Waals surface area contributed by atoms with Gasteiger partial charge in [-0.3, -0.25) is 4.79 Å². The van der Waals surface area contributed by atoms with Crippen molar-refractivity contribution >= 4 is 17.6 Å². The third-order valence-electron chi connectivity index (χ3n) is 3.56. The van der Waals surface area contributed by atoms with Crippen molar-refractivity contribution in [3.05, 3.63) is 53.1 Å². The number of rotatable bonds is 5. The van der Waals surface area contributed by atoms with E-state index in [1.807, 2.05) is 6.92 Å². The highest BCUT2D eigenvalue weighted by molar-refractivity contribution is 6.09. The van der Waals surface area contributed by atoms with E-state index in [1.54, 1.807) is 36.4 Å². The van der Waals surface area contributed by atoms with Crippen molar-refractivity contribution in [2.24, 2.45) is 0 Å². The third kappa shape index (κ3) is 3.48. The van der Waals surface area contributed by atoms with E-state index >= 15 is 0 Å². The molecule has 0 aliphatic carbocycles. The van der Waals surface area contributed by atoms with Gasteiger partial charge in [0.1, 0.15) is 17.1 Å². The Balaban J connectivity index is 2.39. The third-order valence-corrected chi connectivity index (χ3v) is 3.56. The van der Waals surface area contributed by atoms with E-state index in [-0.39, 0.29) is 5.56 Å². The predicted molar refractivity (Wildman–Crippen MR) is 90.0 cm³/mol. The number of anilines is 1. The minimum Gasteiger partial charge on any atom is -0.496 e. The molecule has 6 nitrogen and oxygen atoms in total. The van der Waals surface area contributed by atoms with Crippen LogP contribution in [0.3, 0.4) is 0 Å². The molecule has 0 spiro atoms. The first-order chi connectivity index (χ1) is 11.5. The highest BCUT2D eigenvalue weighted by atomic mass is 16.5. The van der Waals surface area contributed by atoms with Crippen molar-refractivity contribution in [2.75, 3.05) is 26.6 Å². The fraction of sp³-hybridized carbons (Fsp3) is 0.222. The van der Waals surface area contributed by atoms with Crippen molar-refractivity contribution in [3.63, 3.8) is 0 Å². The first-order valence-electron chi connectivity index (χ1n) is 7.23. The molecule has 0 atom stereocenters. The van der Waals surface area contributed by atoms with Crippen LogP contribution in [-0.2, 0) is 4.74 Å². The maximum absolute atomic E-state index is 12.7. The van der Waals surface area contributed by atoms with Crippen LogP contribution in [0.5, 0.6) is 11.5 Å². The monoisotopic (exact) mass is 329 g/mol. The molecule has 0 aliphatic heterocycles. The highest BCUT2D eigenvalue weighted by Crippen LogP contribution is 2.29. The van der Waals surface area contributed by atoms with Crippen LogP contribution in [0.4, 0.5) is 5.69 Å². The van der Waals surface area contributed by atoms with Crippen LogP contribution < -0.4 is 14.8 Å². The zero-order valence-electron chi connectivity index (χ0n) is 14.0. The van der Waals surface area contributed by atoms with Gasteiger partial charge in [-0.2, -0.15) is 0 Å². The molecule has 6 heteroatoms. The van der Waals surface area contributed by atoms with Crippen LogP contribution >= 0.6 is 0 Å². The Morgan fingerprint density at radius 2 is 1.58 bits per heavy atom. The molecule has 0 radical (unpaired) electrons. The molecule has 0 bridgehead atoms. The van der Waals surface area contributed by atoms with Gasteiger partial charge in [-0.25, -0.2) is 4.79 Å². The average molecular weight is 329 g/mol. The lowest BCUT2D eigenvalue weighted by atomic mass is 10.1. The number of carbonyl (C=O) groups is 2. The number of hydrogen-bond donors (Lipinski definition) is 1. The number of hydrogen-bond acceptors (Lipinski definition) is 5. The Labute approximate surface area is 140 Å². The Morgan fingerprint density at radius 3 is 2.12 bits per heavy atom. The number of esters is 1. The number of amides is 1. The summed E-state index contributed by atoms with van der Waals surface area (Å²) in [4.78, 5) is 24.3. The zero-order chi connectivity index (χ0) is 17.7. The van der Waals surface area contributed by atoms with Gasteiger partial charge in [0.05, 0.1) is 26.9 Å². The van der Waals surface area contributed by atoms with Crippen LogP contribution in [0.25, 0.3) is 0 Å². The lowest BCUT2D eigenvalue weighted by Gasteiger charge is -2.14. The van der Waals surface area contributed by atoms with E-state index in [2.05, 4.69) is 5.32 Å². The predicted octanol–water partition coefficient (Wildman–Crippen LogP) is 3.05. The van der Waals surface area contributed by atoms with Crippen LogP contribution in [0.1, 0.15) is 26.3 Å². The van der Waals surface area contributed by atoms with Crippen molar-refractivity contribution in [1.82, 2.24) is 0 Å². The van der Waals surface area contributed by atoms with Gasteiger partial charge < -0.3 is 19.5 Å². The molecule has 1 amide bonds. The van der Waals surface area contributed by atoms with Crippen LogP contribution in [-0.4, -0.2) is 33.2 Å². The summed E-state index contributed by atoms with van der Waals surface area (Å²) in [6, 6.07) is 10.0. The fourth-order valence-electron chi connectivity index (χ4n) is 2.26. The summed E-state index contributed by atoms with van der Waals surface area (Å²) < 4.78 is 15.2. The second kappa shape index (κ2) is 7.50. The summed E-state index contributed by atoms with van der Waals surface area (Å²) >= 11 is 0. The second-order valence-electron chi connectivity index (χ2n) is 5.01. The topological polar surface area (TPSA) is 73.9 Å². The minimum absolute atomic E-state index is 0.283. The molecule has 2 rings (SSSR count). The first-order valence-corrected chi connectivity index (χ1v) is 7.23. The number of carbonyl (C=O) groups excluding carboxylic acids is 2. The number of nitrogens with one attached hydrogen (secondary N) is 1. The fourth-order valence-corrected chi connectivity index (χ4v) is 2.26. The normalized spacial score (nSPS) is 10.0. The molecule has 0 heterocycles. The number of methoxy groups -OCH3 is 3.